The number of carbonyl (C=O) groups excluding carboxylic acids is 1. The Morgan fingerprint density at radius 3 is 2.82 bits per heavy atom. The smallest absolute Gasteiger partial charge is 0.186 e. The van der Waals surface area contributed by atoms with Crippen LogP contribution in [0.3, 0.4) is 0 Å². The molecule has 3 aromatic rings. The van der Waals surface area contributed by atoms with E-state index in [0.717, 1.165) is 10.6 Å². The fraction of sp³-hybridized carbons (Fsp3) is 0.105. The SMILES string of the molecule is CCOc1cccc(C(=O)/C=C/c2cc3ccccc3s2)c1. The molecule has 0 saturated heterocycles. The highest BCUT2D eigenvalue weighted by molar-refractivity contribution is 7.19. The van der Waals surface area contributed by atoms with Crippen LogP contribution < -0.4 is 4.74 Å². The molecule has 2 nitrogen and oxygen atoms in total. The van der Waals surface area contributed by atoms with Gasteiger partial charge in [0.15, 0.2) is 5.78 Å². The van der Waals surface area contributed by atoms with Crippen molar-refractivity contribution < 1.29 is 9.53 Å². The molecule has 3 heteroatoms. The van der Waals surface area contributed by atoms with Gasteiger partial charge in [0.1, 0.15) is 5.75 Å². The summed E-state index contributed by atoms with van der Waals surface area (Å²) in [6.45, 7) is 2.52. The maximum Gasteiger partial charge on any atom is 0.186 e. The highest BCUT2D eigenvalue weighted by atomic mass is 32.1. The number of thiophene rings is 1. The number of benzene rings is 2. The molecule has 0 N–H and O–H groups in total. The van der Waals surface area contributed by atoms with Crippen molar-refractivity contribution in [1.82, 2.24) is 0 Å². The Balaban J connectivity index is 1.79. The first-order chi connectivity index (χ1) is 10.8. The second kappa shape index (κ2) is 6.58. The summed E-state index contributed by atoms with van der Waals surface area (Å²) >= 11 is 1.68. The molecule has 1 heterocycles. The lowest BCUT2D eigenvalue weighted by molar-refractivity contribution is 0.104. The summed E-state index contributed by atoms with van der Waals surface area (Å²) in [4.78, 5) is 13.3. The molecule has 0 unspecified atom stereocenters. The maximum absolute atomic E-state index is 12.3. The zero-order valence-electron chi connectivity index (χ0n) is 12.3. The van der Waals surface area contributed by atoms with Crippen molar-refractivity contribution in [2.24, 2.45) is 0 Å². The Kier molecular flexibility index (Phi) is 4.35. The van der Waals surface area contributed by atoms with Crippen molar-refractivity contribution in [3.05, 3.63) is 71.1 Å². The molecule has 3 rings (SSSR count). The van der Waals surface area contributed by atoms with Gasteiger partial charge in [-0.1, -0.05) is 30.3 Å². The van der Waals surface area contributed by atoms with Gasteiger partial charge in [0.25, 0.3) is 0 Å². The van der Waals surface area contributed by atoms with Crippen LogP contribution in [0.5, 0.6) is 5.75 Å². The zero-order chi connectivity index (χ0) is 15.4. The number of hydrogen-bond donors (Lipinski definition) is 0. The van der Waals surface area contributed by atoms with Crippen molar-refractivity contribution in [1.29, 1.82) is 0 Å². The predicted molar refractivity (Wildman–Crippen MR) is 92.8 cm³/mol. The minimum atomic E-state index is -0.0148. The third-order valence-electron chi connectivity index (χ3n) is 3.27. The van der Waals surface area contributed by atoms with Crippen LogP contribution in [0.4, 0.5) is 0 Å². The summed E-state index contributed by atoms with van der Waals surface area (Å²) < 4.78 is 6.65. The van der Waals surface area contributed by atoms with E-state index in [2.05, 4.69) is 18.2 Å². The van der Waals surface area contributed by atoms with Gasteiger partial charge in [0.2, 0.25) is 0 Å². The standard InChI is InChI=1S/C19H16O2S/c1-2-21-16-8-5-7-14(12-16)18(20)11-10-17-13-15-6-3-4-9-19(15)22-17/h3-13H,2H2,1H3/b11-10+. The van der Waals surface area contributed by atoms with E-state index in [1.54, 1.807) is 29.5 Å². The topological polar surface area (TPSA) is 26.3 Å². The van der Waals surface area contributed by atoms with Crippen LogP contribution >= 0.6 is 11.3 Å². The van der Waals surface area contributed by atoms with Crippen LogP contribution in [-0.2, 0) is 0 Å². The van der Waals surface area contributed by atoms with Crippen molar-refractivity contribution in [3.63, 3.8) is 0 Å². The van der Waals surface area contributed by atoms with Gasteiger partial charge in [0, 0.05) is 15.1 Å². The van der Waals surface area contributed by atoms with E-state index in [4.69, 9.17) is 4.74 Å². The van der Waals surface area contributed by atoms with Gasteiger partial charge in [-0.3, -0.25) is 4.79 Å². The molecule has 0 atom stereocenters. The zero-order valence-corrected chi connectivity index (χ0v) is 13.1. The number of carbonyl (C=O) groups is 1. The average Bonchev–Trinajstić information content (AvgIpc) is 2.96. The lowest BCUT2D eigenvalue weighted by Crippen LogP contribution is -1.96. The van der Waals surface area contributed by atoms with Gasteiger partial charge in [-0.05, 0) is 48.7 Å². The molecule has 22 heavy (non-hydrogen) atoms. The van der Waals surface area contributed by atoms with E-state index in [-0.39, 0.29) is 5.78 Å². The van der Waals surface area contributed by atoms with Gasteiger partial charge in [-0.25, -0.2) is 0 Å². The fourth-order valence-electron chi connectivity index (χ4n) is 2.24. The predicted octanol–water partition coefficient (Wildman–Crippen LogP) is 5.20. The normalized spacial score (nSPS) is 11.1. The van der Waals surface area contributed by atoms with Crippen LogP contribution in [0.1, 0.15) is 22.2 Å². The summed E-state index contributed by atoms with van der Waals surface area (Å²) in [6, 6.07) is 17.6. The van der Waals surface area contributed by atoms with E-state index in [1.165, 1.54) is 10.1 Å². The molecule has 0 amide bonds. The van der Waals surface area contributed by atoms with Crippen molar-refractivity contribution in [2.45, 2.75) is 6.92 Å². The molecule has 0 fully saturated rings. The molecule has 0 aliphatic heterocycles. The van der Waals surface area contributed by atoms with E-state index in [1.807, 2.05) is 37.3 Å². The monoisotopic (exact) mass is 308 g/mol. The quantitative estimate of drug-likeness (QED) is 0.478. The third-order valence-corrected chi connectivity index (χ3v) is 4.35. The van der Waals surface area contributed by atoms with Gasteiger partial charge >= 0.3 is 0 Å². The van der Waals surface area contributed by atoms with Crippen LogP contribution in [0.25, 0.3) is 16.2 Å². The minimum absolute atomic E-state index is 0.0148. The minimum Gasteiger partial charge on any atom is -0.494 e. The molecule has 110 valence electrons. The molecule has 2 aromatic carbocycles. The number of ether oxygens (including phenoxy) is 1. The summed E-state index contributed by atoms with van der Waals surface area (Å²) in [5.41, 5.74) is 0.642. The van der Waals surface area contributed by atoms with E-state index >= 15 is 0 Å². The largest absolute Gasteiger partial charge is 0.494 e. The van der Waals surface area contributed by atoms with E-state index in [0.29, 0.717) is 12.2 Å². The molecular weight excluding hydrogens is 292 g/mol. The summed E-state index contributed by atoms with van der Waals surface area (Å²) in [5.74, 6) is 0.711. The van der Waals surface area contributed by atoms with Crippen LogP contribution in [0.2, 0.25) is 0 Å². The molecule has 0 spiro atoms. The Labute approximate surface area is 133 Å². The lowest BCUT2D eigenvalue weighted by Gasteiger charge is -2.03. The molecule has 0 radical (unpaired) electrons. The van der Waals surface area contributed by atoms with Gasteiger partial charge in [-0.2, -0.15) is 0 Å². The lowest BCUT2D eigenvalue weighted by atomic mass is 10.1. The van der Waals surface area contributed by atoms with E-state index in [9.17, 15) is 4.79 Å². The van der Waals surface area contributed by atoms with Crippen LogP contribution in [0.15, 0.2) is 60.7 Å². The van der Waals surface area contributed by atoms with Gasteiger partial charge in [-0.15, -0.1) is 11.3 Å². The molecular formula is C19H16O2S. The summed E-state index contributed by atoms with van der Waals surface area (Å²) in [7, 11) is 0. The van der Waals surface area contributed by atoms with Gasteiger partial charge < -0.3 is 4.74 Å². The Morgan fingerprint density at radius 1 is 1.14 bits per heavy atom. The van der Waals surface area contributed by atoms with E-state index < -0.39 is 0 Å². The molecule has 0 saturated carbocycles. The Hall–Kier alpha value is -2.39. The number of rotatable bonds is 5. The molecule has 0 bridgehead atoms. The summed E-state index contributed by atoms with van der Waals surface area (Å²) in [5, 5.41) is 1.21. The van der Waals surface area contributed by atoms with Crippen molar-refractivity contribution in [3.8, 4) is 5.75 Å². The third kappa shape index (κ3) is 3.26. The number of hydrogen-bond acceptors (Lipinski definition) is 3. The second-order valence-electron chi connectivity index (χ2n) is 4.85. The first kappa shape index (κ1) is 14.5. The van der Waals surface area contributed by atoms with Crippen LogP contribution in [-0.4, -0.2) is 12.4 Å². The number of ketones is 1. The first-order valence-corrected chi connectivity index (χ1v) is 8.02. The summed E-state index contributed by atoms with van der Waals surface area (Å²) in [6.07, 6.45) is 3.50. The highest BCUT2D eigenvalue weighted by Crippen LogP contribution is 2.26. The second-order valence-corrected chi connectivity index (χ2v) is 5.96. The average molecular weight is 308 g/mol. The number of fused-ring (bicyclic) bond motifs is 1. The molecule has 0 aliphatic carbocycles. The number of allylic oxidation sites excluding steroid dienone is 1. The van der Waals surface area contributed by atoms with Gasteiger partial charge in [0.05, 0.1) is 6.61 Å². The maximum atomic E-state index is 12.3. The highest BCUT2D eigenvalue weighted by Gasteiger charge is 2.04. The Morgan fingerprint density at radius 2 is 2.00 bits per heavy atom. The first-order valence-electron chi connectivity index (χ1n) is 7.20. The Bertz CT molecular complexity index is 797. The van der Waals surface area contributed by atoms with Crippen LogP contribution in [0, 0.1) is 0 Å². The molecule has 1 aromatic heterocycles. The fourth-order valence-corrected chi connectivity index (χ4v) is 3.21. The van der Waals surface area contributed by atoms with Crippen molar-refractivity contribution >= 4 is 33.3 Å². The molecule has 0 aliphatic rings. The van der Waals surface area contributed by atoms with Crippen molar-refractivity contribution in [2.75, 3.05) is 6.61 Å².